The molecule has 2 nitrogen and oxygen atoms in total. The molecule has 0 bridgehead atoms. The molecule has 1 aliphatic carbocycles. The molecular weight excluding hydrogens is 186 g/mol. The Morgan fingerprint density at radius 1 is 1.38 bits per heavy atom. The molecule has 1 aliphatic rings. The molecule has 0 amide bonds. The van der Waals surface area contributed by atoms with Gasteiger partial charge in [0.15, 0.2) is 0 Å². The molecule has 0 radical (unpaired) electrons. The maximum Gasteiger partial charge on any atom is 0.0499 e. The monoisotopic (exact) mass is 203 g/mol. The van der Waals surface area contributed by atoms with E-state index in [1.165, 1.54) is 18.4 Å². The van der Waals surface area contributed by atoms with Crippen LogP contribution < -0.4 is 5.32 Å². The molecule has 0 heterocycles. The van der Waals surface area contributed by atoms with Crippen molar-refractivity contribution in [3.05, 3.63) is 11.6 Å². The lowest BCUT2D eigenvalue weighted by Gasteiger charge is -2.26. The van der Waals surface area contributed by atoms with Gasteiger partial charge in [-0.15, -0.1) is 0 Å². The fraction of sp³-hybridized carbons (Fsp3) is 0.800. The van der Waals surface area contributed by atoms with Crippen molar-refractivity contribution in [3.8, 4) is 0 Å². The van der Waals surface area contributed by atoms with E-state index >= 15 is 0 Å². The highest BCUT2D eigenvalue weighted by atomic mass is 35.5. The van der Waals surface area contributed by atoms with Gasteiger partial charge in [0.25, 0.3) is 0 Å². The first-order chi connectivity index (χ1) is 6.33. The first-order valence-electron chi connectivity index (χ1n) is 4.90. The van der Waals surface area contributed by atoms with E-state index in [1.807, 2.05) is 6.08 Å². The Labute approximate surface area is 85.0 Å². The van der Waals surface area contributed by atoms with E-state index < -0.39 is 0 Å². The summed E-state index contributed by atoms with van der Waals surface area (Å²) in [6.07, 6.45) is 6.70. The van der Waals surface area contributed by atoms with Gasteiger partial charge in [-0.25, -0.2) is 0 Å². The van der Waals surface area contributed by atoms with E-state index in [9.17, 15) is 5.11 Å². The van der Waals surface area contributed by atoms with Gasteiger partial charge in [-0.3, -0.25) is 0 Å². The van der Waals surface area contributed by atoms with Crippen molar-refractivity contribution in [2.45, 2.75) is 25.7 Å². The van der Waals surface area contributed by atoms with Crippen LogP contribution in [0.4, 0.5) is 0 Å². The summed E-state index contributed by atoms with van der Waals surface area (Å²) in [6, 6.07) is 0. The minimum absolute atomic E-state index is 0.153. The molecule has 0 aliphatic heterocycles. The highest BCUT2D eigenvalue weighted by Crippen LogP contribution is 2.36. The summed E-state index contributed by atoms with van der Waals surface area (Å²) in [5, 5.41) is 12.6. The van der Waals surface area contributed by atoms with Gasteiger partial charge in [-0.05, 0) is 12.8 Å². The lowest BCUT2D eigenvalue weighted by atomic mass is 9.87. The third-order valence-electron chi connectivity index (χ3n) is 2.85. The topological polar surface area (TPSA) is 32.3 Å². The van der Waals surface area contributed by atoms with Crippen LogP contribution in [0.1, 0.15) is 25.7 Å². The van der Waals surface area contributed by atoms with Gasteiger partial charge in [0.05, 0.1) is 0 Å². The van der Waals surface area contributed by atoms with Gasteiger partial charge in [0, 0.05) is 30.6 Å². The van der Waals surface area contributed by atoms with Crippen LogP contribution in [0.25, 0.3) is 0 Å². The zero-order chi connectivity index (χ0) is 9.57. The lowest BCUT2D eigenvalue weighted by molar-refractivity contribution is 0.129. The predicted molar refractivity (Wildman–Crippen MR) is 55.8 cm³/mol. The molecule has 0 spiro atoms. The summed E-state index contributed by atoms with van der Waals surface area (Å²) in [6.45, 7) is 2.01. The van der Waals surface area contributed by atoms with Crippen LogP contribution >= 0.6 is 11.6 Å². The molecule has 1 rings (SSSR count). The Hall–Kier alpha value is -0.0500. The SMILES string of the molecule is OCC1(CNC/C=C/Cl)CCCC1. The van der Waals surface area contributed by atoms with Crippen molar-refractivity contribution >= 4 is 11.6 Å². The Bertz CT molecular complexity index is 164. The molecule has 0 aromatic rings. The lowest BCUT2D eigenvalue weighted by Crippen LogP contribution is -2.35. The maximum absolute atomic E-state index is 9.29. The number of nitrogens with one attached hydrogen (secondary N) is 1. The average molecular weight is 204 g/mol. The van der Waals surface area contributed by atoms with Crippen molar-refractivity contribution in [3.63, 3.8) is 0 Å². The Kier molecular flexibility index (Phi) is 4.78. The molecule has 3 heteroatoms. The molecule has 2 N–H and O–H groups in total. The summed E-state index contributed by atoms with van der Waals surface area (Å²) < 4.78 is 0. The molecule has 1 fully saturated rings. The largest absolute Gasteiger partial charge is 0.396 e. The minimum atomic E-state index is 0.153. The van der Waals surface area contributed by atoms with Crippen LogP contribution in [0.3, 0.4) is 0 Å². The van der Waals surface area contributed by atoms with Gasteiger partial charge < -0.3 is 10.4 Å². The predicted octanol–water partition coefficient (Wildman–Crippen LogP) is 1.88. The number of rotatable bonds is 5. The number of aliphatic hydroxyl groups excluding tert-OH is 1. The average Bonchev–Trinajstić information content (AvgIpc) is 2.62. The molecule has 1 saturated carbocycles. The second-order valence-electron chi connectivity index (χ2n) is 3.86. The first-order valence-corrected chi connectivity index (χ1v) is 5.33. The molecular formula is C10H18ClNO. The third kappa shape index (κ3) is 3.29. The fourth-order valence-corrected chi connectivity index (χ4v) is 2.07. The highest BCUT2D eigenvalue weighted by molar-refractivity contribution is 6.25. The number of hydrogen-bond donors (Lipinski definition) is 2. The number of halogens is 1. The molecule has 0 aromatic carbocycles. The smallest absolute Gasteiger partial charge is 0.0499 e. The summed E-state index contributed by atoms with van der Waals surface area (Å²) in [5.41, 5.74) is 1.67. The van der Waals surface area contributed by atoms with Gasteiger partial charge in [-0.2, -0.15) is 0 Å². The number of hydrogen-bond acceptors (Lipinski definition) is 2. The van der Waals surface area contributed by atoms with Gasteiger partial charge in [0.1, 0.15) is 0 Å². The van der Waals surface area contributed by atoms with Crippen LogP contribution in [0.15, 0.2) is 11.6 Å². The summed E-state index contributed by atoms with van der Waals surface area (Å²) in [5.74, 6) is 0. The van der Waals surface area contributed by atoms with E-state index in [0.29, 0.717) is 6.61 Å². The fourth-order valence-electron chi connectivity index (χ4n) is 1.98. The van der Waals surface area contributed by atoms with Crippen molar-refractivity contribution in [1.29, 1.82) is 0 Å². The standard InChI is InChI=1S/C10H18ClNO/c11-6-3-7-12-8-10(9-13)4-1-2-5-10/h3,6,12-13H,1-2,4-5,7-9H2/b6-3+. The van der Waals surface area contributed by atoms with Crippen molar-refractivity contribution in [1.82, 2.24) is 5.32 Å². The van der Waals surface area contributed by atoms with Crippen molar-refractivity contribution in [2.75, 3.05) is 19.7 Å². The van der Waals surface area contributed by atoms with E-state index in [1.54, 1.807) is 0 Å². The second-order valence-corrected chi connectivity index (χ2v) is 4.11. The highest BCUT2D eigenvalue weighted by Gasteiger charge is 2.32. The molecule has 13 heavy (non-hydrogen) atoms. The van der Waals surface area contributed by atoms with Crippen LogP contribution in [0, 0.1) is 5.41 Å². The van der Waals surface area contributed by atoms with Crippen molar-refractivity contribution < 1.29 is 5.11 Å². The third-order valence-corrected chi connectivity index (χ3v) is 3.03. The molecule has 76 valence electrons. The molecule has 0 atom stereocenters. The summed E-state index contributed by atoms with van der Waals surface area (Å²) in [4.78, 5) is 0. The van der Waals surface area contributed by atoms with Crippen LogP contribution in [-0.4, -0.2) is 24.8 Å². The Morgan fingerprint density at radius 3 is 2.62 bits per heavy atom. The normalized spacial score (nSPS) is 21.4. The van der Waals surface area contributed by atoms with E-state index in [0.717, 1.165) is 25.9 Å². The Morgan fingerprint density at radius 2 is 2.08 bits per heavy atom. The zero-order valence-electron chi connectivity index (χ0n) is 7.93. The number of aliphatic hydroxyl groups is 1. The zero-order valence-corrected chi connectivity index (χ0v) is 8.69. The quantitative estimate of drug-likeness (QED) is 0.669. The molecule has 0 unspecified atom stereocenters. The van der Waals surface area contributed by atoms with Crippen LogP contribution in [0.5, 0.6) is 0 Å². The maximum atomic E-state index is 9.29. The van der Waals surface area contributed by atoms with E-state index in [-0.39, 0.29) is 5.41 Å². The summed E-state index contributed by atoms with van der Waals surface area (Å²) in [7, 11) is 0. The van der Waals surface area contributed by atoms with Gasteiger partial charge >= 0.3 is 0 Å². The minimum Gasteiger partial charge on any atom is -0.396 e. The first kappa shape index (κ1) is 11.0. The van der Waals surface area contributed by atoms with Crippen LogP contribution in [0.2, 0.25) is 0 Å². The Balaban J connectivity index is 2.23. The molecule has 0 saturated heterocycles. The van der Waals surface area contributed by atoms with Gasteiger partial charge in [0.2, 0.25) is 0 Å². The van der Waals surface area contributed by atoms with Gasteiger partial charge in [-0.1, -0.05) is 30.5 Å². The summed E-state index contributed by atoms with van der Waals surface area (Å²) >= 11 is 5.40. The molecule has 0 aromatic heterocycles. The van der Waals surface area contributed by atoms with Crippen LogP contribution in [-0.2, 0) is 0 Å². The van der Waals surface area contributed by atoms with E-state index in [2.05, 4.69) is 5.32 Å². The van der Waals surface area contributed by atoms with Crippen molar-refractivity contribution in [2.24, 2.45) is 5.41 Å². The second kappa shape index (κ2) is 5.63. The van der Waals surface area contributed by atoms with E-state index in [4.69, 9.17) is 11.6 Å².